The van der Waals surface area contributed by atoms with E-state index in [1.807, 2.05) is 6.92 Å². The van der Waals surface area contributed by atoms with Gasteiger partial charge in [-0.05, 0) is 30.7 Å². The molecule has 1 heterocycles. The van der Waals surface area contributed by atoms with Crippen molar-refractivity contribution in [1.82, 2.24) is 5.32 Å². The van der Waals surface area contributed by atoms with Gasteiger partial charge in [-0.25, -0.2) is 0 Å². The fourth-order valence-corrected chi connectivity index (χ4v) is 2.68. The summed E-state index contributed by atoms with van der Waals surface area (Å²) in [4.78, 5) is 11.5. The third-order valence-electron chi connectivity index (χ3n) is 3.60. The predicted molar refractivity (Wildman–Crippen MR) is 49.2 cm³/mol. The number of fused-ring (bicyclic) bond motifs is 1. The SMILES string of the molecule is CCOC(=O)[C@H]1NC[C@H]2[C@@H]1C2(C)C. The number of carbonyl (C=O) groups excluding carboxylic acids is 1. The van der Waals surface area contributed by atoms with Crippen LogP contribution in [0, 0.1) is 17.3 Å². The largest absolute Gasteiger partial charge is 0.465 e. The molecule has 3 heteroatoms. The average Bonchev–Trinajstić information content (AvgIpc) is 2.51. The Bertz CT molecular complexity index is 237. The summed E-state index contributed by atoms with van der Waals surface area (Å²) < 4.78 is 5.01. The fraction of sp³-hybridized carbons (Fsp3) is 0.900. The second-order valence-electron chi connectivity index (χ2n) is 4.59. The van der Waals surface area contributed by atoms with Crippen LogP contribution in [0.2, 0.25) is 0 Å². The Morgan fingerprint density at radius 2 is 2.31 bits per heavy atom. The molecular formula is C10H17NO2. The molecule has 1 saturated carbocycles. The molecule has 0 aromatic heterocycles. The van der Waals surface area contributed by atoms with Gasteiger partial charge in [-0.15, -0.1) is 0 Å². The first kappa shape index (κ1) is 9.00. The van der Waals surface area contributed by atoms with E-state index in [1.165, 1.54) is 0 Å². The lowest BCUT2D eigenvalue weighted by atomic mass is 10.0. The van der Waals surface area contributed by atoms with Crippen molar-refractivity contribution < 1.29 is 9.53 Å². The van der Waals surface area contributed by atoms with E-state index in [0.29, 0.717) is 23.9 Å². The van der Waals surface area contributed by atoms with Gasteiger partial charge in [0.25, 0.3) is 0 Å². The van der Waals surface area contributed by atoms with Gasteiger partial charge in [0.2, 0.25) is 0 Å². The molecule has 0 spiro atoms. The smallest absolute Gasteiger partial charge is 0.323 e. The van der Waals surface area contributed by atoms with Gasteiger partial charge in [-0.2, -0.15) is 0 Å². The third-order valence-corrected chi connectivity index (χ3v) is 3.60. The lowest BCUT2D eigenvalue weighted by Crippen LogP contribution is -2.38. The highest BCUT2D eigenvalue weighted by Gasteiger charge is 2.66. The monoisotopic (exact) mass is 183 g/mol. The van der Waals surface area contributed by atoms with Gasteiger partial charge in [0.1, 0.15) is 6.04 Å². The first-order valence-corrected chi connectivity index (χ1v) is 4.99. The lowest BCUT2D eigenvalue weighted by Gasteiger charge is -2.16. The number of nitrogens with one attached hydrogen (secondary N) is 1. The van der Waals surface area contributed by atoms with Gasteiger partial charge < -0.3 is 10.1 Å². The molecule has 0 amide bonds. The molecule has 0 radical (unpaired) electrons. The van der Waals surface area contributed by atoms with Gasteiger partial charge in [0, 0.05) is 0 Å². The minimum atomic E-state index is -0.0689. The maximum atomic E-state index is 11.5. The summed E-state index contributed by atoms with van der Waals surface area (Å²) in [5.41, 5.74) is 0.350. The molecule has 0 aromatic rings. The van der Waals surface area contributed by atoms with E-state index in [9.17, 15) is 4.79 Å². The summed E-state index contributed by atoms with van der Waals surface area (Å²) in [5, 5.41) is 3.22. The van der Waals surface area contributed by atoms with Crippen LogP contribution in [-0.2, 0) is 9.53 Å². The molecule has 1 aliphatic heterocycles. The van der Waals surface area contributed by atoms with Gasteiger partial charge in [-0.3, -0.25) is 4.79 Å². The third kappa shape index (κ3) is 1.17. The van der Waals surface area contributed by atoms with Crippen LogP contribution in [0.25, 0.3) is 0 Å². The highest BCUT2D eigenvalue weighted by molar-refractivity contribution is 5.77. The molecule has 0 bridgehead atoms. The molecule has 1 saturated heterocycles. The van der Waals surface area contributed by atoms with Gasteiger partial charge >= 0.3 is 5.97 Å². The van der Waals surface area contributed by atoms with Crippen LogP contribution < -0.4 is 5.32 Å². The Morgan fingerprint density at radius 1 is 1.62 bits per heavy atom. The molecule has 0 unspecified atom stereocenters. The van der Waals surface area contributed by atoms with E-state index >= 15 is 0 Å². The highest BCUT2D eigenvalue weighted by atomic mass is 16.5. The van der Waals surface area contributed by atoms with Crippen LogP contribution >= 0.6 is 0 Å². The zero-order chi connectivity index (χ0) is 9.64. The average molecular weight is 183 g/mol. The first-order valence-electron chi connectivity index (χ1n) is 4.99. The first-order chi connectivity index (χ1) is 6.09. The van der Waals surface area contributed by atoms with Crippen molar-refractivity contribution >= 4 is 5.97 Å². The maximum absolute atomic E-state index is 11.5. The molecule has 1 aliphatic carbocycles. The van der Waals surface area contributed by atoms with Crippen molar-refractivity contribution in [2.75, 3.05) is 13.2 Å². The van der Waals surface area contributed by atoms with E-state index < -0.39 is 0 Å². The Balaban J connectivity index is 1.99. The molecular weight excluding hydrogens is 166 g/mol. The molecule has 3 nitrogen and oxygen atoms in total. The molecule has 3 atom stereocenters. The molecule has 1 N–H and O–H groups in total. The molecule has 0 aromatic carbocycles. The van der Waals surface area contributed by atoms with Crippen molar-refractivity contribution in [2.24, 2.45) is 17.3 Å². The van der Waals surface area contributed by atoms with E-state index in [4.69, 9.17) is 4.74 Å². The van der Waals surface area contributed by atoms with Crippen LogP contribution in [0.3, 0.4) is 0 Å². The predicted octanol–water partition coefficient (Wildman–Crippen LogP) is 0.793. The summed E-state index contributed by atoms with van der Waals surface area (Å²) in [6.45, 7) is 7.77. The topological polar surface area (TPSA) is 38.3 Å². The number of carbonyl (C=O) groups is 1. The van der Waals surface area contributed by atoms with Crippen molar-refractivity contribution in [3.05, 3.63) is 0 Å². The van der Waals surface area contributed by atoms with E-state index in [2.05, 4.69) is 19.2 Å². The molecule has 13 heavy (non-hydrogen) atoms. The van der Waals surface area contributed by atoms with Crippen molar-refractivity contribution in [1.29, 1.82) is 0 Å². The standard InChI is InChI=1S/C10H17NO2/c1-4-13-9(12)8-7-6(5-11-8)10(7,2)3/h6-8,11H,4-5H2,1-3H3/t6-,7-,8-/m0/s1. The Hall–Kier alpha value is -0.570. The summed E-state index contributed by atoms with van der Waals surface area (Å²) in [5.74, 6) is 1.12. The Morgan fingerprint density at radius 3 is 2.77 bits per heavy atom. The van der Waals surface area contributed by atoms with Gasteiger partial charge in [-0.1, -0.05) is 13.8 Å². The summed E-state index contributed by atoms with van der Waals surface area (Å²) in [7, 11) is 0. The summed E-state index contributed by atoms with van der Waals surface area (Å²) in [6, 6.07) is -0.0417. The van der Waals surface area contributed by atoms with Crippen LogP contribution in [0.5, 0.6) is 0 Å². The van der Waals surface area contributed by atoms with Crippen molar-refractivity contribution in [3.63, 3.8) is 0 Å². The number of ether oxygens (including phenoxy) is 1. The number of rotatable bonds is 2. The second kappa shape index (κ2) is 2.71. The quantitative estimate of drug-likeness (QED) is 0.643. The molecule has 2 rings (SSSR count). The van der Waals surface area contributed by atoms with Crippen molar-refractivity contribution in [2.45, 2.75) is 26.8 Å². The van der Waals surface area contributed by atoms with E-state index in [1.54, 1.807) is 0 Å². The number of esters is 1. The minimum Gasteiger partial charge on any atom is -0.465 e. The normalized spacial score (nSPS) is 39.8. The second-order valence-corrected chi connectivity index (χ2v) is 4.59. The van der Waals surface area contributed by atoms with Crippen LogP contribution in [-0.4, -0.2) is 25.2 Å². The highest BCUT2D eigenvalue weighted by Crippen LogP contribution is 2.62. The van der Waals surface area contributed by atoms with Crippen LogP contribution in [0.15, 0.2) is 0 Å². The molecule has 74 valence electrons. The fourth-order valence-electron chi connectivity index (χ4n) is 2.68. The zero-order valence-electron chi connectivity index (χ0n) is 8.46. The number of hydrogen-bond acceptors (Lipinski definition) is 3. The number of piperidine rings is 1. The van der Waals surface area contributed by atoms with Crippen LogP contribution in [0.1, 0.15) is 20.8 Å². The minimum absolute atomic E-state index is 0.0417. The van der Waals surface area contributed by atoms with Crippen LogP contribution in [0.4, 0.5) is 0 Å². The van der Waals surface area contributed by atoms with Gasteiger partial charge in [0.15, 0.2) is 0 Å². The van der Waals surface area contributed by atoms with E-state index in [0.717, 1.165) is 6.54 Å². The number of hydrogen-bond donors (Lipinski definition) is 1. The summed E-state index contributed by atoms with van der Waals surface area (Å²) in [6.07, 6.45) is 0. The molecule has 2 aliphatic rings. The maximum Gasteiger partial charge on any atom is 0.323 e. The van der Waals surface area contributed by atoms with E-state index in [-0.39, 0.29) is 12.0 Å². The van der Waals surface area contributed by atoms with Gasteiger partial charge in [0.05, 0.1) is 6.61 Å². The molecule has 2 fully saturated rings. The zero-order valence-corrected chi connectivity index (χ0v) is 8.46. The van der Waals surface area contributed by atoms with Crippen molar-refractivity contribution in [3.8, 4) is 0 Å². The Kier molecular flexibility index (Phi) is 1.88. The Labute approximate surface area is 78.8 Å². The lowest BCUT2D eigenvalue weighted by molar-refractivity contribution is -0.146. The summed E-state index contributed by atoms with van der Waals surface area (Å²) >= 11 is 0.